The molecule has 1 aromatic carbocycles. The zero-order valence-electron chi connectivity index (χ0n) is 15.2. The Bertz CT molecular complexity index is 682. The molecule has 0 aliphatic carbocycles. The maximum atomic E-state index is 12.6. The summed E-state index contributed by atoms with van der Waals surface area (Å²) in [6.45, 7) is 5.10. The second kappa shape index (κ2) is 8.78. The van der Waals surface area contributed by atoms with E-state index in [1.54, 1.807) is 7.11 Å². The minimum absolute atomic E-state index is 0.0103. The van der Waals surface area contributed by atoms with Crippen molar-refractivity contribution in [2.45, 2.75) is 38.5 Å². The molecule has 0 spiro atoms. The number of hydrogen-bond acceptors (Lipinski definition) is 4. The van der Waals surface area contributed by atoms with Crippen LogP contribution >= 0.6 is 0 Å². The standard InChI is InChI=1S/C18H28N2O4S/c1-14-5-4-6-16(11-14)13-25(22,23)20-9-7-17(8-10-20)18(21)19-15(2)12-24-3/h4-6,11,15,17H,7-10,12-13H2,1-3H3,(H,19,21)/t15-/m1/s1. The number of piperidine rings is 1. The highest BCUT2D eigenvalue weighted by Gasteiger charge is 2.31. The first kappa shape index (κ1) is 19.9. The van der Waals surface area contributed by atoms with Crippen molar-refractivity contribution in [2.24, 2.45) is 5.92 Å². The summed E-state index contributed by atoms with van der Waals surface area (Å²) < 4.78 is 31.8. The number of sulfonamides is 1. The molecule has 140 valence electrons. The number of carbonyl (C=O) groups excluding carboxylic acids is 1. The van der Waals surface area contributed by atoms with Crippen LogP contribution in [-0.4, -0.2) is 51.5 Å². The van der Waals surface area contributed by atoms with Gasteiger partial charge in [-0.3, -0.25) is 4.79 Å². The first-order chi connectivity index (χ1) is 11.8. The van der Waals surface area contributed by atoms with Crippen molar-refractivity contribution in [3.05, 3.63) is 35.4 Å². The van der Waals surface area contributed by atoms with Crippen LogP contribution in [0.5, 0.6) is 0 Å². The molecule has 0 aromatic heterocycles. The van der Waals surface area contributed by atoms with Gasteiger partial charge in [0.25, 0.3) is 0 Å². The van der Waals surface area contributed by atoms with Gasteiger partial charge in [0.1, 0.15) is 0 Å². The zero-order valence-corrected chi connectivity index (χ0v) is 16.0. The van der Waals surface area contributed by atoms with Gasteiger partial charge in [-0.25, -0.2) is 12.7 Å². The SMILES string of the molecule is COC[C@@H](C)NC(=O)C1CCN(S(=O)(=O)Cc2cccc(C)c2)CC1. The maximum absolute atomic E-state index is 12.6. The average molecular weight is 368 g/mol. The van der Waals surface area contributed by atoms with Gasteiger partial charge in [0.15, 0.2) is 0 Å². The lowest BCUT2D eigenvalue weighted by Crippen LogP contribution is -2.45. The number of nitrogens with zero attached hydrogens (tertiary/aromatic N) is 1. The van der Waals surface area contributed by atoms with Gasteiger partial charge < -0.3 is 10.1 Å². The Hall–Kier alpha value is -1.44. The summed E-state index contributed by atoms with van der Waals surface area (Å²) in [6, 6.07) is 7.51. The number of hydrogen-bond donors (Lipinski definition) is 1. The Morgan fingerprint density at radius 1 is 1.36 bits per heavy atom. The fraction of sp³-hybridized carbons (Fsp3) is 0.611. The van der Waals surface area contributed by atoms with E-state index in [0.717, 1.165) is 11.1 Å². The minimum Gasteiger partial charge on any atom is -0.383 e. The van der Waals surface area contributed by atoms with Crippen LogP contribution in [0.25, 0.3) is 0 Å². The Morgan fingerprint density at radius 3 is 2.64 bits per heavy atom. The van der Waals surface area contributed by atoms with Gasteiger partial charge in [0.2, 0.25) is 15.9 Å². The van der Waals surface area contributed by atoms with Gasteiger partial charge in [-0.2, -0.15) is 0 Å². The fourth-order valence-corrected chi connectivity index (χ4v) is 4.70. The molecule has 1 aliphatic rings. The molecule has 1 atom stereocenters. The number of carbonyl (C=O) groups is 1. The monoisotopic (exact) mass is 368 g/mol. The lowest BCUT2D eigenvalue weighted by Gasteiger charge is -2.31. The molecule has 1 aromatic rings. The Kier molecular flexibility index (Phi) is 6.98. The second-order valence-corrected chi connectivity index (χ2v) is 8.75. The van der Waals surface area contributed by atoms with Crippen LogP contribution in [0.15, 0.2) is 24.3 Å². The van der Waals surface area contributed by atoms with Gasteiger partial charge in [-0.15, -0.1) is 0 Å². The predicted octanol–water partition coefficient (Wildman–Crippen LogP) is 1.69. The smallest absolute Gasteiger partial charge is 0.223 e. The number of amides is 1. The number of rotatable bonds is 7. The van der Waals surface area contributed by atoms with Crippen LogP contribution in [0, 0.1) is 12.8 Å². The van der Waals surface area contributed by atoms with E-state index in [0.29, 0.717) is 32.5 Å². The van der Waals surface area contributed by atoms with Crippen molar-refractivity contribution in [3.8, 4) is 0 Å². The highest BCUT2D eigenvalue weighted by Crippen LogP contribution is 2.22. The van der Waals surface area contributed by atoms with Gasteiger partial charge in [0.05, 0.1) is 12.4 Å². The fourth-order valence-electron chi connectivity index (χ4n) is 3.15. The van der Waals surface area contributed by atoms with Gasteiger partial charge in [0, 0.05) is 32.2 Å². The topological polar surface area (TPSA) is 75.7 Å². The third-order valence-electron chi connectivity index (χ3n) is 4.45. The quantitative estimate of drug-likeness (QED) is 0.795. The first-order valence-electron chi connectivity index (χ1n) is 8.64. The van der Waals surface area contributed by atoms with Crippen LogP contribution in [-0.2, 0) is 25.3 Å². The molecule has 6 nitrogen and oxygen atoms in total. The molecule has 25 heavy (non-hydrogen) atoms. The van der Waals surface area contributed by atoms with Crippen LogP contribution in [0.4, 0.5) is 0 Å². The molecule has 1 N–H and O–H groups in total. The van der Waals surface area contributed by atoms with E-state index >= 15 is 0 Å². The molecule has 0 bridgehead atoms. The number of methoxy groups -OCH3 is 1. The van der Waals surface area contributed by atoms with E-state index in [1.807, 2.05) is 38.1 Å². The summed E-state index contributed by atoms with van der Waals surface area (Å²) in [7, 11) is -1.75. The third kappa shape index (κ3) is 5.80. The Balaban J connectivity index is 1.89. The second-order valence-electron chi connectivity index (χ2n) is 6.78. The zero-order chi connectivity index (χ0) is 18.4. The molecule has 0 radical (unpaired) electrons. The van der Waals surface area contributed by atoms with E-state index in [1.165, 1.54) is 4.31 Å². The summed E-state index contributed by atoms with van der Waals surface area (Å²) >= 11 is 0. The van der Waals surface area contributed by atoms with Crippen molar-refractivity contribution < 1.29 is 17.9 Å². The van der Waals surface area contributed by atoms with Gasteiger partial charge >= 0.3 is 0 Å². The molecule has 1 saturated heterocycles. The summed E-state index contributed by atoms with van der Waals surface area (Å²) in [5.41, 5.74) is 1.85. The number of ether oxygens (including phenoxy) is 1. The maximum Gasteiger partial charge on any atom is 0.223 e. The predicted molar refractivity (Wildman–Crippen MR) is 97.6 cm³/mol. The largest absolute Gasteiger partial charge is 0.383 e. The lowest BCUT2D eigenvalue weighted by molar-refractivity contribution is -0.127. The van der Waals surface area contributed by atoms with Crippen molar-refractivity contribution in [1.82, 2.24) is 9.62 Å². The van der Waals surface area contributed by atoms with Crippen molar-refractivity contribution >= 4 is 15.9 Å². The van der Waals surface area contributed by atoms with Gasteiger partial charge in [-0.05, 0) is 32.3 Å². The summed E-state index contributed by atoms with van der Waals surface area (Å²) in [5.74, 6) is -0.138. The minimum atomic E-state index is -3.35. The molecular formula is C18H28N2O4S. The number of nitrogens with one attached hydrogen (secondary N) is 1. The van der Waals surface area contributed by atoms with Crippen molar-refractivity contribution in [2.75, 3.05) is 26.8 Å². The Labute approximate surface area is 150 Å². The van der Waals surface area contributed by atoms with E-state index < -0.39 is 10.0 Å². The van der Waals surface area contributed by atoms with Crippen molar-refractivity contribution in [1.29, 1.82) is 0 Å². The number of benzene rings is 1. The van der Waals surface area contributed by atoms with E-state index in [-0.39, 0.29) is 23.6 Å². The van der Waals surface area contributed by atoms with Crippen LogP contribution in [0.2, 0.25) is 0 Å². The average Bonchev–Trinajstić information content (AvgIpc) is 2.54. The normalized spacial score (nSPS) is 18.0. The van der Waals surface area contributed by atoms with E-state index in [2.05, 4.69) is 5.32 Å². The van der Waals surface area contributed by atoms with Crippen LogP contribution < -0.4 is 5.32 Å². The molecule has 0 unspecified atom stereocenters. The highest BCUT2D eigenvalue weighted by atomic mass is 32.2. The summed E-state index contributed by atoms with van der Waals surface area (Å²) in [6.07, 6.45) is 1.11. The summed E-state index contributed by atoms with van der Waals surface area (Å²) in [4.78, 5) is 12.2. The first-order valence-corrected chi connectivity index (χ1v) is 10.3. The molecule has 7 heteroatoms. The van der Waals surface area contributed by atoms with Crippen molar-refractivity contribution in [3.63, 3.8) is 0 Å². The van der Waals surface area contributed by atoms with E-state index in [4.69, 9.17) is 4.74 Å². The van der Waals surface area contributed by atoms with Crippen LogP contribution in [0.3, 0.4) is 0 Å². The Morgan fingerprint density at radius 2 is 2.04 bits per heavy atom. The molecular weight excluding hydrogens is 340 g/mol. The molecule has 0 saturated carbocycles. The van der Waals surface area contributed by atoms with Gasteiger partial charge in [-0.1, -0.05) is 29.8 Å². The molecule has 2 rings (SSSR count). The lowest BCUT2D eigenvalue weighted by atomic mass is 9.97. The molecule has 1 aliphatic heterocycles. The van der Waals surface area contributed by atoms with Crippen LogP contribution in [0.1, 0.15) is 30.9 Å². The molecule has 1 amide bonds. The summed E-state index contributed by atoms with van der Waals surface area (Å²) in [5, 5.41) is 2.92. The molecule has 1 fully saturated rings. The van der Waals surface area contributed by atoms with E-state index in [9.17, 15) is 13.2 Å². The highest BCUT2D eigenvalue weighted by molar-refractivity contribution is 7.88. The molecule has 1 heterocycles. The third-order valence-corrected chi connectivity index (χ3v) is 6.31. The number of aryl methyl sites for hydroxylation is 1.